The Morgan fingerprint density at radius 3 is 2.34 bits per heavy atom. The molecule has 3 aromatic rings. The second kappa shape index (κ2) is 10.6. The van der Waals surface area contributed by atoms with Crippen LogP contribution in [0.5, 0.6) is 0 Å². The number of aryl methyl sites for hydroxylation is 4. The van der Waals surface area contributed by atoms with Crippen LogP contribution in [-0.4, -0.2) is 67.2 Å². The molecule has 2 aliphatic heterocycles. The third-order valence-corrected chi connectivity index (χ3v) is 11.3. The highest BCUT2D eigenvalue weighted by molar-refractivity contribution is 7.89. The molecule has 3 heterocycles. The fraction of sp³-hybridized carbons (Fsp3) is 0.433. The number of hydrogen-bond donors (Lipinski definition) is 0. The van der Waals surface area contributed by atoms with E-state index < -0.39 is 10.0 Å². The molecule has 0 aliphatic carbocycles. The monoisotopic (exact) mass is 551 g/mol. The number of rotatable bonds is 5. The maximum atomic E-state index is 13.7. The second-order valence-corrected chi connectivity index (χ2v) is 13.6. The summed E-state index contributed by atoms with van der Waals surface area (Å²) >= 11 is 1.80. The summed E-state index contributed by atoms with van der Waals surface area (Å²) in [7, 11) is -3.66. The van der Waals surface area contributed by atoms with Gasteiger partial charge in [-0.05, 0) is 80.3 Å². The summed E-state index contributed by atoms with van der Waals surface area (Å²) in [5, 5.41) is 2.15. The molecular weight excluding hydrogens is 514 g/mol. The first-order chi connectivity index (χ1) is 18.1. The molecule has 8 heteroatoms. The summed E-state index contributed by atoms with van der Waals surface area (Å²) in [6, 6.07) is 14.2. The van der Waals surface area contributed by atoms with Crippen molar-refractivity contribution >= 4 is 27.3 Å². The van der Waals surface area contributed by atoms with Crippen molar-refractivity contribution in [3.8, 4) is 0 Å². The molecule has 0 unspecified atom stereocenters. The number of nitrogens with zero attached hydrogens (tertiary/aromatic N) is 3. The van der Waals surface area contributed by atoms with Gasteiger partial charge in [-0.15, -0.1) is 11.3 Å². The van der Waals surface area contributed by atoms with Gasteiger partial charge < -0.3 is 4.90 Å². The molecule has 0 N–H and O–H groups in total. The minimum Gasteiger partial charge on any atom is -0.339 e. The molecule has 5 rings (SSSR count). The fourth-order valence-electron chi connectivity index (χ4n) is 6.29. The maximum absolute atomic E-state index is 13.7. The average Bonchev–Trinajstić information content (AvgIpc) is 3.32. The van der Waals surface area contributed by atoms with E-state index in [1.54, 1.807) is 15.6 Å². The zero-order valence-electron chi connectivity index (χ0n) is 22.9. The third-order valence-electron chi connectivity index (χ3n) is 7.98. The van der Waals surface area contributed by atoms with Gasteiger partial charge in [-0.1, -0.05) is 42.0 Å². The van der Waals surface area contributed by atoms with Crippen molar-refractivity contribution in [2.45, 2.75) is 58.0 Å². The summed E-state index contributed by atoms with van der Waals surface area (Å²) in [5.74, 6) is 0.0638. The molecule has 2 aromatic carbocycles. The van der Waals surface area contributed by atoms with Crippen LogP contribution in [0.25, 0.3) is 0 Å². The number of hydrogen-bond acceptors (Lipinski definition) is 5. The van der Waals surface area contributed by atoms with Crippen LogP contribution >= 0.6 is 11.3 Å². The lowest BCUT2D eigenvalue weighted by atomic mass is 9.90. The standard InChI is InChI=1S/C30H37N3O3S2/c1-20-16-22(3)30(23(4)17-20)38(35,36)33-14-13-31(18-24(33)5)28(34)19-32-12-10-27-26(11-15-37-27)29(32)25-9-7-6-8-21(25)2/h6-9,11,15-17,24,29H,10,12-14,18-19H2,1-5H3/t24-,29-/m0/s1. The molecule has 202 valence electrons. The number of carbonyl (C=O) groups is 1. The lowest BCUT2D eigenvalue weighted by Gasteiger charge is -2.41. The van der Waals surface area contributed by atoms with E-state index in [4.69, 9.17) is 0 Å². The van der Waals surface area contributed by atoms with E-state index in [-0.39, 0.29) is 18.0 Å². The van der Waals surface area contributed by atoms with Gasteiger partial charge in [0, 0.05) is 37.1 Å². The Morgan fingerprint density at radius 1 is 0.947 bits per heavy atom. The first kappa shape index (κ1) is 27.1. The molecule has 0 bridgehead atoms. The Kier molecular flexibility index (Phi) is 7.52. The van der Waals surface area contributed by atoms with E-state index in [0.717, 1.165) is 29.7 Å². The minimum atomic E-state index is -3.66. The molecule has 0 saturated carbocycles. The molecule has 1 aromatic heterocycles. The number of piperazine rings is 1. The van der Waals surface area contributed by atoms with Gasteiger partial charge >= 0.3 is 0 Å². The number of benzene rings is 2. The Labute approximate surface area is 230 Å². The smallest absolute Gasteiger partial charge is 0.243 e. The predicted molar refractivity (Wildman–Crippen MR) is 153 cm³/mol. The highest BCUT2D eigenvalue weighted by atomic mass is 32.2. The summed E-state index contributed by atoms with van der Waals surface area (Å²) < 4.78 is 28.9. The number of carbonyl (C=O) groups excluding carboxylic acids is 1. The lowest BCUT2D eigenvalue weighted by Crippen LogP contribution is -2.57. The summed E-state index contributed by atoms with van der Waals surface area (Å²) in [6.45, 7) is 12.0. The molecule has 2 aliphatic rings. The molecular formula is C30H37N3O3S2. The summed E-state index contributed by atoms with van der Waals surface area (Å²) in [5.41, 5.74) is 6.37. The van der Waals surface area contributed by atoms with E-state index >= 15 is 0 Å². The maximum Gasteiger partial charge on any atom is 0.243 e. The van der Waals surface area contributed by atoms with Gasteiger partial charge in [-0.25, -0.2) is 8.42 Å². The summed E-state index contributed by atoms with van der Waals surface area (Å²) in [4.78, 5) is 19.6. The van der Waals surface area contributed by atoms with Crippen molar-refractivity contribution in [1.29, 1.82) is 0 Å². The van der Waals surface area contributed by atoms with Crippen molar-refractivity contribution < 1.29 is 13.2 Å². The number of fused-ring (bicyclic) bond motifs is 1. The third kappa shape index (κ3) is 4.95. The van der Waals surface area contributed by atoms with Gasteiger partial charge in [0.25, 0.3) is 0 Å². The van der Waals surface area contributed by atoms with E-state index in [9.17, 15) is 13.2 Å². The average molecular weight is 552 g/mol. The quantitative estimate of drug-likeness (QED) is 0.455. The van der Waals surface area contributed by atoms with Gasteiger partial charge in [0.05, 0.1) is 17.5 Å². The van der Waals surface area contributed by atoms with Crippen molar-refractivity contribution in [3.05, 3.63) is 86.1 Å². The van der Waals surface area contributed by atoms with Crippen molar-refractivity contribution in [2.24, 2.45) is 0 Å². The first-order valence-corrected chi connectivity index (χ1v) is 15.6. The van der Waals surface area contributed by atoms with Gasteiger partial charge in [0.2, 0.25) is 15.9 Å². The topological polar surface area (TPSA) is 60.9 Å². The molecule has 0 radical (unpaired) electrons. The van der Waals surface area contributed by atoms with Crippen molar-refractivity contribution in [3.63, 3.8) is 0 Å². The van der Waals surface area contributed by atoms with Gasteiger partial charge in [-0.3, -0.25) is 9.69 Å². The molecule has 1 saturated heterocycles. The van der Waals surface area contributed by atoms with Crippen molar-refractivity contribution in [2.75, 3.05) is 32.7 Å². The Morgan fingerprint density at radius 2 is 1.66 bits per heavy atom. The fourth-order valence-corrected chi connectivity index (χ4v) is 9.22. The van der Waals surface area contributed by atoms with Crippen LogP contribution in [0.4, 0.5) is 0 Å². The van der Waals surface area contributed by atoms with Gasteiger partial charge in [-0.2, -0.15) is 4.31 Å². The molecule has 6 nitrogen and oxygen atoms in total. The number of thiophene rings is 1. The highest BCUT2D eigenvalue weighted by Crippen LogP contribution is 2.39. The summed E-state index contributed by atoms with van der Waals surface area (Å²) in [6.07, 6.45) is 0.945. The van der Waals surface area contributed by atoms with E-state index in [0.29, 0.717) is 31.1 Å². The van der Waals surface area contributed by atoms with Crippen LogP contribution < -0.4 is 0 Å². The first-order valence-electron chi connectivity index (χ1n) is 13.3. The normalized spacial score (nSPS) is 20.9. The predicted octanol–water partition coefficient (Wildman–Crippen LogP) is 4.85. The van der Waals surface area contributed by atoms with Crippen LogP contribution in [0.15, 0.2) is 52.7 Å². The van der Waals surface area contributed by atoms with E-state index in [1.165, 1.54) is 21.6 Å². The van der Waals surface area contributed by atoms with Crippen LogP contribution in [0, 0.1) is 27.7 Å². The van der Waals surface area contributed by atoms with Crippen LogP contribution in [0.1, 0.15) is 51.2 Å². The van der Waals surface area contributed by atoms with Crippen molar-refractivity contribution in [1.82, 2.24) is 14.1 Å². The zero-order valence-corrected chi connectivity index (χ0v) is 24.5. The lowest BCUT2D eigenvalue weighted by molar-refractivity contribution is -0.135. The van der Waals surface area contributed by atoms with Crippen LogP contribution in [-0.2, 0) is 21.2 Å². The molecule has 1 amide bonds. The second-order valence-electron chi connectivity index (χ2n) is 10.8. The van der Waals surface area contributed by atoms with Gasteiger partial charge in [0.1, 0.15) is 0 Å². The highest BCUT2D eigenvalue weighted by Gasteiger charge is 2.38. The van der Waals surface area contributed by atoms with E-state index in [1.807, 2.05) is 44.7 Å². The Bertz CT molecular complexity index is 1440. The Balaban J connectivity index is 1.33. The number of amides is 1. The molecule has 38 heavy (non-hydrogen) atoms. The van der Waals surface area contributed by atoms with Gasteiger partial charge in [0.15, 0.2) is 0 Å². The zero-order chi connectivity index (χ0) is 27.2. The largest absolute Gasteiger partial charge is 0.339 e. The van der Waals surface area contributed by atoms with E-state index in [2.05, 4.69) is 47.5 Å². The SMILES string of the molecule is Cc1cc(C)c(S(=O)(=O)N2CCN(C(=O)CN3CCc4sccc4[C@@H]3c3ccccc3C)C[C@@H]2C)c(C)c1. The van der Waals surface area contributed by atoms with Crippen LogP contribution in [0.3, 0.4) is 0 Å². The molecule has 0 spiro atoms. The molecule has 1 fully saturated rings. The minimum absolute atomic E-state index is 0.0572. The Hall–Kier alpha value is -2.52. The number of sulfonamides is 1. The van der Waals surface area contributed by atoms with Crippen LogP contribution in [0.2, 0.25) is 0 Å². The molecule has 2 atom stereocenters.